The zero-order valence-electron chi connectivity index (χ0n) is 9.45. The highest BCUT2D eigenvalue weighted by Crippen LogP contribution is 2.31. The molecule has 4 nitrogen and oxygen atoms in total. The van der Waals surface area contributed by atoms with Crippen LogP contribution >= 0.6 is 15.9 Å². The molecule has 2 rings (SSSR count). The number of ether oxygens (including phenoxy) is 1. The van der Waals surface area contributed by atoms with E-state index >= 15 is 0 Å². The summed E-state index contributed by atoms with van der Waals surface area (Å²) in [5.74, 6) is 0.744. The Morgan fingerprint density at radius 2 is 2.24 bits per heavy atom. The number of aromatic amines is 1. The van der Waals surface area contributed by atoms with Crippen LogP contribution in [0.3, 0.4) is 0 Å². The maximum Gasteiger partial charge on any atom is 0.154 e. The summed E-state index contributed by atoms with van der Waals surface area (Å²) in [6, 6.07) is 5.58. The molecule has 1 aromatic heterocycles. The van der Waals surface area contributed by atoms with Crippen LogP contribution in [0.2, 0.25) is 0 Å². The zero-order valence-corrected chi connectivity index (χ0v) is 11.0. The molecule has 88 valence electrons. The van der Waals surface area contributed by atoms with Crippen LogP contribution in [-0.4, -0.2) is 23.6 Å². The van der Waals surface area contributed by atoms with Gasteiger partial charge in [-0.1, -0.05) is 0 Å². The number of hydrogen-bond acceptors (Lipinski definition) is 3. The molecule has 0 spiro atoms. The molecule has 0 aliphatic carbocycles. The molecular weight excluding hydrogens is 284 g/mol. The lowest BCUT2D eigenvalue weighted by molar-refractivity contribution is 0.112. The number of halogens is 1. The predicted molar refractivity (Wildman–Crippen MR) is 68.4 cm³/mol. The number of nitrogens with one attached hydrogen (secondary N) is 1. The summed E-state index contributed by atoms with van der Waals surface area (Å²) in [5, 5.41) is 6.94. The zero-order chi connectivity index (χ0) is 12.4. The van der Waals surface area contributed by atoms with Crippen LogP contribution < -0.4 is 4.74 Å². The fraction of sp³-hybridized carbons (Fsp3) is 0.167. The first-order chi connectivity index (χ1) is 8.17. The van der Waals surface area contributed by atoms with Crippen molar-refractivity contribution in [2.24, 2.45) is 0 Å². The van der Waals surface area contributed by atoms with Gasteiger partial charge in [-0.2, -0.15) is 5.10 Å². The molecule has 0 bridgehead atoms. The molecule has 17 heavy (non-hydrogen) atoms. The SMILES string of the molecule is COc1ccc(-c2n[nH]c(C)c2C=O)cc1Br. The van der Waals surface area contributed by atoms with Crippen LogP contribution in [0.4, 0.5) is 0 Å². The summed E-state index contributed by atoms with van der Waals surface area (Å²) in [6.45, 7) is 1.82. The standard InChI is InChI=1S/C12H11BrN2O2/c1-7-9(6-16)12(15-14-7)8-3-4-11(17-2)10(13)5-8/h3-6H,1-2H3,(H,14,15). The van der Waals surface area contributed by atoms with E-state index in [-0.39, 0.29) is 0 Å². The van der Waals surface area contributed by atoms with Crippen LogP contribution in [0.25, 0.3) is 11.3 Å². The summed E-state index contributed by atoms with van der Waals surface area (Å²) in [6.07, 6.45) is 0.812. The number of rotatable bonds is 3. The highest BCUT2D eigenvalue weighted by molar-refractivity contribution is 9.10. The fourth-order valence-corrected chi connectivity index (χ4v) is 2.16. The smallest absolute Gasteiger partial charge is 0.154 e. The monoisotopic (exact) mass is 294 g/mol. The minimum absolute atomic E-state index is 0.585. The van der Waals surface area contributed by atoms with Crippen molar-refractivity contribution in [2.45, 2.75) is 6.92 Å². The van der Waals surface area contributed by atoms with Crippen molar-refractivity contribution in [1.82, 2.24) is 10.2 Å². The second-order valence-electron chi connectivity index (χ2n) is 3.58. The maximum atomic E-state index is 11.0. The largest absolute Gasteiger partial charge is 0.496 e. The average Bonchev–Trinajstić information content (AvgIpc) is 2.70. The van der Waals surface area contributed by atoms with Gasteiger partial charge in [0.05, 0.1) is 17.1 Å². The molecule has 0 amide bonds. The van der Waals surface area contributed by atoms with Gasteiger partial charge in [-0.05, 0) is 41.1 Å². The third-order valence-corrected chi connectivity index (χ3v) is 3.16. The van der Waals surface area contributed by atoms with Crippen LogP contribution in [0.5, 0.6) is 5.75 Å². The number of benzene rings is 1. The van der Waals surface area contributed by atoms with Gasteiger partial charge in [-0.15, -0.1) is 0 Å². The van der Waals surface area contributed by atoms with Crippen molar-refractivity contribution >= 4 is 22.2 Å². The summed E-state index contributed by atoms with van der Waals surface area (Å²) in [4.78, 5) is 11.0. The Labute approximate surface area is 107 Å². The molecule has 0 saturated heterocycles. The van der Waals surface area contributed by atoms with Gasteiger partial charge in [0, 0.05) is 11.3 Å². The maximum absolute atomic E-state index is 11.0. The minimum atomic E-state index is 0.585. The Hall–Kier alpha value is -1.62. The highest BCUT2D eigenvalue weighted by atomic mass is 79.9. The number of aryl methyl sites for hydroxylation is 1. The topological polar surface area (TPSA) is 55.0 Å². The quantitative estimate of drug-likeness (QED) is 0.886. The lowest BCUT2D eigenvalue weighted by Crippen LogP contribution is -1.88. The molecule has 0 saturated carbocycles. The molecule has 0 aliphatic rings. The van der Waals surface area contributed by atoms with Gasteiger partial charge in [0.1, 0.15) is 11.4 Å². The van der Waals surface area contributed by atoms with Gasteiger partial charge in [-0.25, -0.2) is 0 Å². The first kappa shape index (κ1) is 11.9. The molecule has 2 aromatic rings. The Morgan fingerprint density at radius 1 is 1.47 bits per heavy atom. The van der Waals surface area contributed by atoms with Gasteiger partial charge >= 0.3 is 0 Å². The second kappa shape index (κ2) is 4.71. The number of aromatic nitrogens is 2. The highest BCUT2D eigenvalue weighted by Gasteiger charge is 2.12. The van der Waals surface area contributed by atoms with E-state index in [0.29, 0.717) is 11.3 Å². The number of aldehydes is 1. The lowest BCUT2D eigenvalue weighted by atomic mass is 10.1. The molecular formula is C12H11BrN2O2. The van der Waals surface area contributed by atoms with E-state index in [1.54, 1.807) is 7.11 Å². The molecule has 0 radical (unpaired) electrons. The second-order valence-corrected chi connectivity index (χ2v) is 4.43. The summed E-state index contributed by atoms with van der Waals surface area (Å²) in [5.41, 5.74) is 2.87. The van der Waals surface area contributed by atoms with Gasteiger partial charge in [0.15, 0.2) is 6.29 Å². The van der Waals surface area contributed by atoms with Crippen LogP contribution in [0.15, 0.2) is 22.7 Å². The molecule has 0 aliphatic heterocycles. The minimum Gasteiger partial charge on any atom is -0.496 e. The number of nitrogens with zero attached hydrogens (tertiary/aromatic N) is 1. The molecule has 0 atom stereocenters. The molecule has 1 N–H and O–H groups in total. The third kappa shape index (κ3) is 2.10. The predicted octanol–water partition coefficient (Wildman–Crippen LogP) is 2.97. The van der Waals surface area contributed by atoms with E-state index in [1.165, 1.54) is 0 Å². The van der Waals surface area contributed by atoms with Gasteiger partial charge in [0.25, 0.3) is 0 Å². The van der Waals surface area contributed by atoms with E-state index in [4.69, 9.17) is 4.74 Å². The third-order valence-electron chi connectivity index (χ3n) is 2.54. The van der Waals surface area contributed by atoms with Crippen molar-refractivity contribution in [3.05, 3.63) is 33.9 Å². The van der Waals surface area contributed by atoms with Crippen LogP contribution in [-0.2, 0) is 0 Å². The average molecular weight is 295 g/mol. The number of carbonyl (C=O) groups excluding carboxylic acids is 1. The number of hydrogen-bond donors (Lipinski definition) is 1. The lowest BCUT2D eigenvalue weighted by Gasteiger charge is -2.05. The van der Waals surface area contributed by atoms with E-state index in [9.17, 15) is 4.79 Å². The first-order valence-electron chi connectivity index (χ1n) is 5.01. The Kier molecular flexibility index (Phi) is 3.28. The van der Waals surface area contributed by atoms with E-state index < -0.39 is 0 Å². The van der Waals surface area contributed by atoms with E-state index in [0.717, 1.165) is 27.8 Å². The number of carbonyl (C=O) groups is 1. The Balaban J connectivity index is 2.53. The van der Waals surface area contributed by atoms with Crippen molar-refractivity contribution in [3.63, 3.8) is 0 Å². The van der Waals surface area contributed by atoms with Crippen molar-refractivity contribution in [3.8, 4) is 17.0 Å². The van der Waals surface area contributed by atoms with Crippen molar-refractivity contribution in [1.29, 1.82) is 0 Å². The number of methoxy groups -OCH3 is 1. The van der Waals surface area contributed by atoms with E-state index in [2.05, 4.69) is 26.1 Å². The van der Waals surface area contributed by atoms with E-state index in [1.807, 2.05) is 25.1 Å². The first-order valence-corrected chi connectivity index (χ1v) is 5.80. The molecule has 0 fully saturated rings. The fourth-order valence-electron chi connectivity index (χ4n) is 1.62. The normalized spacial score (nSPS) is 10.3. The van der Waals surface area contributed by atoms with Crippen LogP contribution in [0.1, 0.15) is 16.1 Å². The van der Waals surface area contributed by atoms with Crippen LogP contribution in [0, 0.1) is 6.92 Å². The molecule has 5 heteroatoms. The summed E-state index contributed by atoms with van der Waals surface area (Å²) >= 11 is 3.41. The summed E-state index contributed by atoms with van der Waals surface area (Å²) < 4.78 is 5.98. The van der Waals surface area contributed by atoms with Crippen molar-refractivity contribution < 1.29 is 9.53 Å². The van der Waals surface area contributed by atoms with Gasteiger partial charge in [-0.3, -0.25) is 9.89 Å². The summed E-state index contributed by atoms with van der Waals surface area (Å²) in [7, 11) is 1.61. The number of H-pyrrole nitrogens is 1. The van der Waals surface area contributed by atoms with Crippen molar-refractivity contribution in [2.75, 3.05) is 7.11 Å². The molecule has 1 aromatic carbocycles. The molecule has 1 heterocycles. The van der Waals surface area contributed by atoms with Gasteiger partial charge < -0.3 is 4.74 Å². The Morgan fingerprint density at radius 3 is 2.82 bits per heavy atom. The molecule has 0 unspecified atom stereocenters. The van der Waals surface area contributed by atoms with Gasteiger partial charge in [0.2, 0.25) is 0 Å². The Bertz CT molecular complexity index is 564.